The van der Waals surface area contributed by atoms with Gasteiger partial charge in [-0.2, -0.15) is 0 Å². The highest BCUT2D eigenvalue weighted by molar-refractivity contribution is 6.02. The molecule has 2 N–H and O–H groups in total. The smallest absolute Gasteiger partial charge is 0.271 e. The molecule has 0 spiro atoms. The van der Waals surface area contributed by atoms with E-state index in [1.165, 1.54) is 27.9 Å². The van der Waals surface area contributed by atoms with Gasteiger partial charge in [0.25, 0.3) is 5.91 Å². The molecular formula is C15H14N4O2. The van der Waals surface area contributed by atoms with Crippen LogP contribution in [-0.4, -0.2) is 21.3 Å². The number of hydrazine groups is 1. The number of nitrogens with zero attached hydrogens (tertiary/aromatic N) is 2. The number of hydrogen-bond acceptors (Lipinski definition) is 3. The van der Waals surface area contributed by atoms with Crippen LogP contribution in [0.3, 0.4) is 0 Å². The van der Waals surface area contributed by atoms with Gasteiger partial charge in [-0.25, -0.2) is 0 Å². The molecule has 1 aromatic heterocycles. The molecule has 0 unspecified atom stereocenters. The molecule has 1 amide bonds. The molecule has 0 saturated carbocycles. The number of carbonyl (C=O) groups excluding carboxylic acids is 1. The largest absolute Gasteiger partial charge is 0.318 e. The Kier molecular flexibility index (Phi) is 3.06. The second-order valence-corrected chi connectivity index (χ2v) is 4.90. The van der Waals surface area contributed by atoms with E-state index in [9.17, 15) is 9.59 Å². The van der Waals surface area contributed by atoms with Crippen LogP contribution >= 0.6 is 0 Å². The summed E-state index contributed by atoms with van der Waals surface area (Å²) in [6, 6.07) is 10.4. The molecule has 2 aromatic rings. The van der Waals surface area contributed by atoms with Crippen molar-refractivity contribution in [3.63, 3.8) is 0 Å². The van der Waals surface area contributed by atoms with Crippen LogP contribution in [0.1, 0.15) is 21.5 Å². The molecule has 106 valence electrons. The number of nitrogens with one attached hydrogen (secondary N) is 2. The van der Waals surface area contributed by atoms with Gasteiger partial charge in [0, 0.05) is 24.9 Å². The molecule has 1 aliphatic heterocycles. The standard InChI is InChI=1S/C15H14N4O2/c1-18-8-11(6-7-13(18)20)15(21)17-19-9-10-4-2-3-5-12(10)14(19)16/h2-8,16H,9H2,1H3,(H,17,21). The monoisotopic (exact) mass is 282 g/mol. The maximum Gasteiger partial charge on any atom is 0.271 e. The van der Waals surface area contributed by atoms with E-state index in [-0.39, 0.29) is 17.3 Å². The molecule has 0 fully saturated rings. The molecule has 0 radical (unpaired) electrons. The van der Waals surface area contributed by atoms with Gasteiger partial charge in [-0.05, 0) is 11.6 Å². The fraction of sp³-hybridized carbons (Fsp3) is 0.133. The number of rotatable bonds is 2. The topological polar surface area (TPSA) is 78.2 Å². The quantitative estimate of drug-likeness (QED) is 0.858. The lowest BCUT2D eigenvalue weighted by Crippen LogP contribution is -2.42. The van der Waals surface area contributed by atoms with E-state index < -0.39 is 0 Å². The second kappa shape index (κ2) is 4.90. The molecule has 21 heavy (non-hydrogen) atoms. The van der Waals surface area contributed by atoms with E-state index in [1.807, 2.05) is 24.3 Å². The van der Waals surface area contributed by atoms with Crippen molar-refractivity contribution in [3.05, 3.63) is 69.6 Å². The van der Waals surface area contributed by atoms with Gasteiger partial charge in [0.05, 0.1) is 12.1 Å². The first kappa shape index (κ1) is 13.1. The van der Waals surface area contributed by atoms with E-state index in [0.29, 0.717) is 12.1 Å². The number of aromatic nitrogens is 1. The molecule has 1 aromatic carbocycles. The molecule has 0 aliphatic carbocycles. The maximum atomic E-state index is 12.2. The van der Waals surface area contributed by atoms with Crippen LogP contribution in [0, 0.1) is 5.41 Å². The summed E-state index contributed by atoms with van der Waals surface area (Å²) in [6.07, 6.45) is 1.48. The third kappa shape index (κ3) is 2.31. The molecule has 6 heteroatoms. The Bertz CT molecular complexity index is 794. The van der Waals surface area contributed by atoms with Crippen LogP contribution < -0.4 is 11.0 Å². The number of fused-ring (bicyclic) bond motifs is 1. The lowest BCUT2D eigenvalue weighted by Gasteiger charge is -2.19. The third-order valence-corrected chi connectivity index (χ3v) is 3.46. The van der Waals surface area contributed by atoms with Gasteiger partial charge in [0.2, 0.25) is 5.56 Å². The van der Waals surface area contributed by atoms with Crippen molar-refractivity contribution in [1.82, 2.24) is 15.0 Å². The zero-order valence-corrected chi connectivity index (χ0v) is 11.5. The summed E-state index contributed by atoms with van der Waals surface area (Å²) in [5.41, 5.74) is 4.72. The first-order valence-corrected chi connectivity index (χ1v) is 6.48. The minimum absolute atomic E-state index is 0.173. The lowest BCUT2D eigenvalue weighted by atomic mass is 10.1. The predicted molar refractivity (Wildman–Crippen MR) is 78.0 cm³/mol. The highest BCUT2D eigenvalue weighted by atomic mass is 16.2. The number of amidine groups is 1. The Morgan fingerprint density at radius 2 is 2.00 bits per heavy atom. The fourth-order valence-electron chi connectivity index (χ4n) is 2.29. The number of aryl methyl sites for hydroxylation is 1. The Balaban J connectivity index is 1.79. The van der Waals surface area contributed by atoms with Crippen molar-refractivity contribution in [2.45, 2.75) is 6.54 Å². The number of amides is 1. The van der Waals surface area contributed by atoms with Gasteiger partial charge < -0.3 is 4.57 Å². The molecule has 1 aliphatic rings. The number of benzene rings is 1. The van der Waals surface area contributed by atoms with Crippen molar-refractivity contribution in [1.29, 1.82) is 5.41 Å². The van der Waals surface area contributed by atoms with Crippen molar-refractivity contribution in [3.8, 4) is 0 Å². The minimum Gasteiger partial charge on any atom is -0.318 e. The number of carbonyl (C=O) groups is 1. The van der Waals surface area contributed by atoms with E-state index in [2.05, 4.69) is 5.43 Å². The van der Waals surface area contributed by atoms with Crippen molar-refractivity contribution >= 4 is 11.7 Å². The Morgan fingerprint density at radius 1 is 1.24 bits per heavy atom. The van der Waals surface area contributed by atoms with Gasteiger partial charge in [0.1, 0.15) is 5.84 Å². The van der Waals surface area contributed by atoms with Crippen LogP contribution in [0.15, 0.2) is 47.4 Å². The summed E-state index contributed by atoms with van der Waals surface area (Å²) in [6.45, 7) is 0.465. The zero-order chi connectivity index (χ0) is 15.0. The summed E-state index contributed by atoms with van der Waals surface area (Å²) in [5, 5.41) is 9.57. The summed E-state index contributed by atoms with van der Waals surface area (Å²) >= 11 is 0. The van der Waals surface area contributed by atoms with Gasteiger partial charge in [0.15, 0.2) is 0 Å². The summed E-state index contributed by atoms with van der Waals surface area (Å²) in [4.78, 5) is 23.5. The second-order valence-electron chi connectivity index (χ2n) is 4.90. The van der Waals surface area contributed by atoms with Crippen molar-refractivity contribution in [2.24, 2.45) is 7.05 Å². The summed E-state index contributed by atoms with van der Waals surface area (Å²) < 4.78 is 1.35. The van der Waals surface area contributed by atoms with Crippen molar-refractivity contribution in [2.75, 3.05) is 0 Å². The normalized spacial score (nSPS) is 13.2. The molecule has 0 bridgehead atoms. The number of pyridine rings is 1. The first-order valence-electron chi connectivity index (χ1n) is 6.48. The molecule has 2 heterocycles. The molecule has 0 saturated heterocycles. The van der Waals surface area contributed by atoms with E-state index in [4.69, 9.17) is 5.41 Å². The van der Waals surface area contributed by atoms with E-state index in [1.54, 1.807) is 7.05 Å². The Hall–Kier alpha value is -2.89. The SMILES string of the molecule is Cn1cc(C(=O)NN2Cc3ccccc3C2=N)ccc1=O. The summed E-state index contributed by atoms with van der Waals surface area (Å²) in [5.74, 6) is -0.0769. The van der Waals surface area contributed by atoms with Crippen LogP contribution in [0.25, 0.3) is 0 Å². The average Bonchev–Trinajstić information content (AvgIpc) is 2.79. The van der Waals surface area contributed by atoms with E-state index >= 15 is 0 Å². The van der Waals surface area contributed by atoms with Gasteiger partial charge in [-0.1, -0.05) is 24.3 Å². The van der Waals surface area contributed by atoms with Gasteiger partial charge in [-0.3, -0.25) is 25.4 Å². The van der Waals surface area contributed by atoms with Gasteiger partial charge in [-0.15, -0.1) is 0 Å². The average molecular weight is 282 g/mol. The van der Waals surface area contributed by atoms with Crippen molar-refractivity contribution < 1.29 is 4.79 Å². The van der Waals surface area contributed by atoms with Crippen LogP contribution in [0.4, 0.5) is 0 Å². The van der Waals surface area contributed by atoms with Crippen LogP contribution in [0.2, 0.25) is 0 Å². The first-order chi connectivity index (χ1) is 10.1. The molecule has 6 nitrogen and oxygen atoms in total. The van der Waals surface area contributed by atoms with E-state index in [0.717, 1.165) is 11.1 Å². The third-order valence-electron chi connectivity index (χ3n) is 3.46. The number of hydrogen-bond donors (Lipinski definition) is 2. The summed E-state index contributed by atoms with van der Waals surface area (Å²) in [7, 11) is 1.59. The van der Waals surface area contributed by atoms with Gasteiger partial charge >= 0.3 is 0 Å². The molecule has 3 rings (SSSR count). The fourth-order valence-corrected chi connectivity index (χ4v) is 2.29. The Labute approximate surface area is 121 Å². The predicted octanol–water partition coefficient (Wildman–Crippen LogP) is 0.871. The molecule has 0 atom stereocenters. The van der Waals surface area contributed by atoms with Crippen LogP contribution in [0.5, 0.6) is 0 Å². The highest BCUT2D eigenvalue weighted by Gasteiger charge is 2.25. The lowest BCUT2D eigenvalue weighted by molar-refractivity contribution is 0.0868. The molecular weight excluding hydrogens is 268 g/mol. The maximum absolute atomic E-state index is 12.2. The highest BCUT2D eigenvalue weighted by Crippen LogP contribution is 2.20. The van der Waals surface area contributed by atoms with Crippen LogP contribution in [-0.2, 0) is 13.6 Å². The zero-order valence-electron chi connectivity index (χ0n) is 11.5. The minimum atomic E-state index is -0.344. The Morgan fingerprint density at radius 3 is 2.71 bits per heavy atom.